The van der Waals surface area contributed by atoms with Gasteiger partial charge in [-0.3, -0.25) is 4.90 Å². The lowest BCUT2D eigenvalue weighted by molar-refractivity contribution is -0.169. The van der Waals surface area contributed by atoms with Gasteiger partial charge in [-0.2, -0.15) is 0 Å². The van der Waals surface area contributed by atoms with Gasteiger partial charge in [0.2, 0.25) is 0 Å². The van der Waals surface area contributed by atoms with Gasteiger partial charge in [-0.1, -0.05) is 0 Å². The monoisotopic (exact) mass is 281 g/mol. The molecule has 110 valence electrons. The molecule has 6 heteroatoms. The first-order valence-electron chi connectivity index (χ1n) is 6.42. The number of phenolic OH excluding ortho intramolecular Hbond substituents is 2. The minimum absolute atomic E-state index is 0.0800. The normalized spacial score (nSPS) is 19.3. The molecule has 1 heterocycles. The van der Waals surface area contributed by atoms with Gasteiger partial charge in [0.25, 0.3) is 0 Å². The van der Waals surface area contributed by atoms with Crippen molar-refractivity contribution in [1.29, 1.82) is 0 Å². The van der Waals surface area contributed by atoms with E-state index in [9.17, 15) is 15.0 Å². The number of carboxylic acids is 1. The average molecular weight is 281 g/mol. The highest BCUT2D eigenvalue weighted by molar-refractivity contribution is 5.68. The fourth-order valence-electron chi connectivity index (χ4n) is 2.49. The molecular weight excluding hydrogens is 262 g/mol. The Morgan fingerprint density at radius 1 is 1.45 bits per heavy atom. The first-order chi connectivity index (χ1) is 9.31. The quantitative estimate of drug-likeness (QED) is 0.706. The molecule has 1 fully saturated rings. The van der Waals surface area contributed by atoms with E-state index >= 15 is 0 Å². The number of hydrogen-bond acceptors (Lipinski definition) is 5. The van der Waals surface area contributed by atoms with E-state index < -0.39 is 11.6 Å². The third-order valence-corrected chi connectivity index (χ3v) is 3.63. The molecule has 0 radical (unpaired) electrons. The summed E-state index contributed by atoms with van der Waals surface area (Å²) in [4.78, 5) is 12.6. The van der Waals surface area contributed by atoms with E-state index in [1.165, 1.54) is 18.2 Å². The second kappa shape index (κ2) is 5.30. The lowest BCUT2D eigenvalue weighted by Crippen LogP contribution is -2.62. The Morgan fingerprint density at radius 2 is 2.10 bits per heavy atom. The third-order valence-electron chi connectivity index (χ3n) is 3.63. The van der Waals surface area contributed by atoms with Gasteiger partial charge in [-0.25, -0.2) is 4.79 Å². The van der Waals surface area contributed by atoms with Crippen molar-refractivity contribution in [2.75, 3.05) is 19.7 Å². The summed E-state index contributed by atoms with van der Waals surface area (Å²) < 4.78 is 5.34. The molecule has 0 saturated carbocycles. The Hall–Kier alpha value is -1.79. The van der Waals surface area contributed by atoms with Crippen molar-refractivity contribution < 1.29 is 24.9 Å². The van der Waals surface area contributed by atoms with Gasteiger partial charge in [0.1, 0.15) is 18.1 Å². The highest BCUT2D eigenvalue weighted by Crippen LogP contribution is 2.37. The van der Waals surface area contributed by atoms with Crippen LogP contribution in [0.25, 0.3) is 0 Å². The fraction of sp³-hybridized carbons (Fsp3) is 0.500. The molecule has 0 aliphatic carbocycles. The van der Waals surface area contributed by atoms with Crippen LogP contribution in [0.5, 0.6) is 11.5 Å². The maximum atomic E-state index is 10.5. The van der Waals surface area contributed by atoms with Crippen LogP contribution in [-0.2, 0) is 9.53 Å². The van der Waals surface area contributed by atoms with Gasteiger partial charge in [-0.15, -0.1) is 0 Å². The van der Waals surface area contributed by atoms with Crippen LogP contribution >= 0.6 is 0 Å². The van der Waals surface area contributed by atoms with Crippen LogP contribution in [-0.4, -0.2) is 51.5 Å². The van der Waals surface area contributed by atoms with E-state index in [-0.39, 0.29) is 24.1 Å². The van der Waals surface area contributed by atoms with Gasteiger partial charge in [0.05, 0.1) is 5.60 Å². The SMILES string of the molecule is CC(c1cc(O)ccc1O)N1CC(C)(OCC(=O)O)C1. The zero-order valence-electron chi connectivity index (χ0n) is 11.5. The summed E-state index contributed by atoms with van der Waals surface area (Å²) >= 11 is 0. The number of aromatic hydroxyl groups is 2. The lowest BCUT2D eigenvalue weighted by atomic mass is 9.92. The number of rotatable bonds is 5. The van der Waals surface area contributed by atoms with Gasteiger partial charge < -0.3 is 20.1 Å². The Labute approximate surface area is 117 Å². The standard InChI is InChI=1S/C14H19NO5/c1-9(11-5-10(16)3-4-12(11)17)15-7-14(2,8-15)20-6-13(18)19/h3-5,9,16-17H,6-8H2,1-2H3,(H,18,19). The molecule has 1 unspecified atom stereocenters. The molecule has 1 atom stereocenters. The molecule has 2 rings (SSSR count). The highest BCUT2D eigenvalue weighted by Gasteiger charge is 2.42. The first kappa shape index (κ1) is 14.6. The van der Waals surface area contributed by atoms with Gasteiger partial charge in [0, 0.05) is 24.7 Å². The number of likely N-dealkylation sites (tertiary alicyclic amines) is 1. The zero-order valence-corrected chi connectivity index (χ0v) is 11.5. The average Bonchev–Trinajstić information content (AvgIpc) is 2.35. The summed E-state index contributed by atoms with van der Waals surface area (Å²) in [6, 6.07) is 4.35. The first-order valence-corrected chi connectivity index (χ1v) is 6.42. The number of nitrogens with zero attached hydrogens (tertiary/aromatic N) is 1. The van der Waals surface area contributed by atoms with Crippen LogP contribution in [0.2, 0.25) is 0 Å². The summed E-state index contributed by atoms with van der Waals surface area (Å²) in [5.41, 5.74) is 0.171. The van der Waals surface area contributed by atoms with E-state index in [0.29, 0.717) is 18.7 Å². The summed E-state index contributed by atoms with van der Waals surface area (Å²) in [5, 5.41) is 27.9. The Kier molecular flexibility index (Phi) is 3.87. The Morgan fingerprint density at radius 3 is 2.70 bits per heavy atom. The van der Waals surface area contributed by atoms with Crippen LogP contribution in [0.4, 0.5) is 0 Å². The summed E-state index contributed by atoms with van der Waals surface area (Å²) in [5.74, 6) is -0.742. The van der Waals surface area contributed by atoms with E-state index in [0.717, 1.165) is 0 Å². The van der Waals surface area contributed by atoms with Crippen LogP contribution in [0.1, 0.15) is 25.5 Å². The molecule has 1 aliphatic heterocycles. The number of ether oxygens (including phenoxy) is 1. The summed E-state index contributed by atoms with van der Waals surface area (Å²) in [6.45, 7) is 4.63. The number of hydrogen-bond donors (Lipinski definition) is 3. The van der Waals surface area contributed by atoms with Crippen molar-refractivity contribution >= 4 is 5.97 Å². The van der Waals surface area contributed by atoms with Crippen LogP contribution in [0, 0.1) is 0 Å². The molecule has 0 bridgehead atoms. The second-order valence-electron chi connectivity index (χ2n) is 5.46. The largest absolute Gasteiger partial charge is 0.508 e. The molecule has 1 aliphatic rings. The molecule has 6 nitrogen and oxygen atoms in total. The maximum absolute atomic E-state index is 10.5. The Bertz CT molecular complexity index is 510. The van der Waals surface area contributed by atoms with Crippen LogP contribution in [0.15, 0.2) is 18.2 Å². The topological polar surface area (TPSA) is 90.2 Å². The van der Waals surface area contributed by atoms with E-state index in [4.69, 9.17) is 9.84 Å². The molecule has 0 amide bonds. The van der Waals surface area contributed by atoms with E-state index in [1.807, 2.05) is 13.8 Å². The van der Waals surface area contributed by atoms with Crippen molar-refractivity contribution in [3.63, 3.8) is 0 Å². The van der Waals surface area contributed by atoms with E-state index in [1.54, 1.807) is 0 Å². The van der Waals surface area contributed by atoms with Crippen molar-refractivity contribution in [2.45, 2.75) is 25.5 Å². The van der Waals surface area contributed by atoms with Crippen LogP contribution in [0.3, 0.4) is 0 Å². The summed E-state index contributed by atoms with van der Waals surface area (Å²) in [7, 11) is 0. The summed E-state index contributed by atoms with van der Waals surface area (Å²) in [6.07, 6.45) is 0. The fourth-order valence-corrected chi connectivity index (χ4v) is 2.49. The number of carbonyl (C=O) groups is 1. The zero-order chi connectivity index (χ0) is 14.9. The molecule has 0 aromatic heterocycles. The molecule has 3 N–H and O–H groups in total. The predicted octanol–water partition coefficient (Wildman–Crippen LogP) is 1.33. The third kappa shape index (κ3) is 3.02. The molecule has 20 heavy (non-hydrogen) atoms. The van der Waals surface area contributed by atoms with Crippen molar-refractivity contribution in [3.8, 4) is 11.5 Å². The number of phenols is 2. The van der Waals surface area contributed by atoms with Crippen molar-refractivity contribution in [3.05, 3.63) is 23.8 Å². The smallest absolute Gasteiger partial charge is 0.329 e. The number of carboxylic acid groups (broad SMARTS) is 1. The van der Waals surface area contributed by atoms with Gasteiger partial charge in [-0.05, 0) is 32.0 Å². The highest BCUT2D eigenvalue weighted by atomic mass is 16.5. The van der Waals surface area contributed by atoms with E-state index in [2.05, 4.69) is 4.90 Å². The second-order valence-corrected chi connectivity index (χ2v) is 5.46. The predicted molar refractivity (Wildman–Crippen MR) is 71.8 cm³/mol. The van der Waals surface area contributed by atoms with Crippen molar-refractivity contribution in [2.24, 2.45) is 0 Å². The minimum Gasteiger partial charge on any atom is -0.508 e. The van der Waals surface area contributed by atoms with Crippen molar-refractivity contribution in [1.82, 2.24) is 4.90 Å². The van der Waals surface area contributed by atoms with Gasteiger partial charge >= 0.3 is 5.97 Å². The molecule has 1 aromatic carbocycles. The van der Waals surface area contributed by atoms with Gasteiger partial charge in [0.15, 0.2) is 0 Å². The maximum Gasteiger partial charge on any atom is 0.329 e. The number of benzene rings is 1. The molecular formula is C14H19NO5. The lowest BCUT2D eigenvalue weighted by Gasteiger charge is -2.50. The Balaban J connectivity index is 1.98. The molecule has 0 spiro atoms. The minimum atomic E-state index is -0.983. The van der Waals surface area contributed by atoms with Crippen LogP contribution < -0.4 is 0 Å². The number of aliphatic carboxylic acids is 1. The molecule has 1 aromatic rings. The molecule has 1 saturated heterocycles.